The molecule has 0 saturated carbocycles. The molecule has 1 aromatic rings. The number of ether oxygens (including phenoxy) is 2. The smallest absolute Gasteiger partial charge is 0.243 e. The average molecular weight is 434 g/mol. The van der Waals surface area contributed by atoms with Crippen LogP contribution in [0.15, 0.2) is 35.3 Å². The third kappa shape index (κ3) is 10.5. The number of aliphatic imine (C=N–C) groups is 1. The van der Waals surface area contributed by atoms with Crippen molar-refractivity contribution in [2.75, 3.05) is 72.0 Å². The van der Waals surface area contributed by atoms with Crippen LogP contribution in [-0.4, -0.2) is 90.0 Å². The zero-order valence-electron chi connectivity index (χ0n) is 19.3. The molecule has 0 aliphatic carbocycles. The Morgan fingerprint density at radius 1 is 1.16 bits per heavy atom. The van der Waals surface area contributed by atoms with Crippen LogP contribution in [0.2, 0.25) is 0 Å². The van der Waals surface area contributed by atoms with E-state index >= 15 is 0 Å². The van der Waals surface area contributed by atoms with E-state index in [1.165, 1.54) is 5.69 Å². The molecule has 1 unspecified atom stereocenters. The van der Waals surface area contributed by atoms with Crippen LogP contribution in [0.3, 0.4) is 0 Å². The number of anilines is 1. The fourth-order valence-electron chi connectivity index (χ4n) is 3.17. The summed E-state index contributed by atoms with van der Waals surface area (Å²) in [6, 6.07) is 10.3. The lowest BCUT2D eigenvalue weighted by molar-refractivity contribution is -0.127. The summed E-state index contributed by atoms with van der Waals surface area (Å²) in [7, 11) is 5.57. The molecule has 1 saturated heterocycles. The number of amides is 1. The largest absolute Gasteiger partial charge is 0.379 e. The molecule has 0 bridgehead atoms. The molecule has 1 fully saturated rings. The van der Waals surface area contributed by atoms with Gasteiger partial charge in [0.2, 0.25) is 5.91 Å². The molecule has 174 valence electrons. The minimum atomic E-state index is -0.0233. The lowest BCUT2D eigenvalue weighted by atomic mass is 10.2. The van der Waals surface area contributed by atoms with E-state index in [1.807, 2.05) is 18.2 Å². The fraction of sp³-hybridized carbons (Fsp3) is 0.652. The van der Waals surface area contributed by atoms with E-state index < -0.39 is 0 Å². The van der Waals surface area contributed by atoms with Crippen LogP contribution in [0.1, 0.15) is 25.7 Å². The third-order valence-corrected chi connectivity index (χ3v) is 5.12. The van der Waals surface area contributed by atoms with Crippen molar-refractivity contribution in [3.05, 3.63) is 30.3 Å². The molecular formula is C23H39N5O3. The van der Waals surface area contributed by atoms with Gasteiger partial charge in [-0.1, -0.05) is 18.2 Å². The van der Waals surface area contributed by atoms with E-state index in [0.29, 0.717) is 19.2 Å². The molecule has 1 atom stereocenters. The van der Waals surface area contributed by atoms with Crippen molar-refractivity contribution in [3.63, 3.8) is 0 Å². The van der Waals surface area contributed by atoms with Gasteiger partial charge in [-0.3, -0.25) is 4.79 Å². The van der Waals surface area contributed by atoms with E-state index in [9.17, 15) is 4.79 Å². The van der Waals surface area contributed by atoms with Crippen molar-refractivity contribution >= 4 is 17.6 Å². The third-order valence-electron chi connectivity index (χ3n) is 5.12. The molecule has 1 heterocycles. The summed E-state index contributed by atoms with van der Waals surface area (Å²) in [5, 5.41) is 6.64. The molecule has 1 amide bonds. The second-order valence-electron chi connectivity index (χ2n) is 7.98. The van der Waals surface area contributed by atoms with Crippen LogP contribution in [0, 0.1) is 0 Å². The minimum absolute atomic E-state index is 0.0233. The SMILES string of the molecule is CN(C)C(=O)CN=C(NCCCOCC1CCCO1)NCCCN(C)c1ccccc1. The van der Waals surface area contributed by atoms with Gasteiger partial charge in [0.05, 0.1) is 12.7 Å². The highest BCUT2D eigenvalue weighted by atomic mass is 16.5. The lowest BCUT2D eigenvalue weighted by Crippen LogP contribution is -2.40. The number of hydrogen-bond acceptors (Lipinski definition) is 5. The van der Waals surface area contributed by atoms with Crippen LogP contribution < -0.4 is 15.5 Å². The highest BCUT2D eigenvalue weighted by molar-refractivity contribution is 5.84. The standard InChI is InChI=1S/C23H39N5O3/c1-27(2)22(29)18-26-23(25-14-9-16-30-19-21-12-7-17-31-21)24-13-8-15-28(3)20-10-5-4-6-11-20/h4-6,10-11,21H,7-9,12-19H2,1-3H3,(H2,24,25,26). The first-order valence-corrected chi connectivity index (χ1v) is 11.2. The summed E-state index contributed by atoms with van der Waals surface area (Å²) in [5.74, 6) is 0.640. The fourth-order valence-corrected chi connectivity index (χ4v) is 3.17. The molecule has 31 heavy (non-hydrogen) atoms. The number of carbonyl (C=O) groups excluding carboxylic acids is 1. The summed E-state index contributed by atoms with van der Waals surface area (Å²) >= 11 is 0. The maximum atomic E-state index is 11.9. The number of hydrogen-bond donors (Lipinski definition) is 2. The van der Waals surface area contributed by atoms with E-state index in [0.717, 1.165) is 51.9 Å². The van der Waals surface area contributed by atoms with Crippen LogP contribution in [-0.2, 0) is 14.3 Å². The highest BCUT2D eigenvalue weighted by Gasteiger charge is 2.14. The zero-order valence-corrected chi connectivity index (χ0v) is 19.3. The van der Waals surface area contributed by atoms with E-state index in [2.05, 4.69) is 39.7 Å². The number of guanidine groups is 1. The molecule has 2 rings (SSSR count). The van der Waals surface area contributed by atoms with Crippen molar-refractivity contribution in [1.82, 2.24) is 15.5 Å². The molecule has 0 spiro atoms. The van der Waals surface area contributed by atoms with Crippen molar-refractivity contribution in [3.8, 4) is 0 Å². The lowest BCUT2D eigenvalue weighted by Gasteiger charge is -2.20. The van der Waals surface area contributed by atoms with Crippen LogP contribution in [0.5, 0.6) is 0 Å². The van der Waals surface area contributed by atoms with Crippen molar-refractivity contribution in [1.29, 1.82) is 0 Å². The van der Waals surface area contributed by atoms with Crippen LogP contribution >= 0.6 is 0 Å². The first-order valence-electron chi connectivity index (χ1n) is 11.2. The van der Waals surface area contributed by atoms with Crippen LogP contribution in [0.4, 0.5) is 5.69 Å². The van der Waals surface area contributed by atoms with Gasteiger partial charge in [0, 0.05) is 59.7 Å². The molecule has 1 aromatic carbocycles. The summed E-state index contributed by atoms with van der Waals surface area (Å²) in [5.41, 5.74) is 1.20. The molecule has 1 aliphatic rings. The second kappa shape index (κ2) is 14.6. The zero-order chi connectivity index (χ0) is 22.3. The van der Waals surface area contributed by atoms with Crippen molar-refractivity contribution < 1.29 is 14.3 Å². The molecular weight excluding hydrogens is 394 g/mol. The summed E-state index contributed by atoms with van der Waals surface area (Å²) < 4.78 is 11.3. The second-order valence-corrected chi connectivity index (χ2v) is 7.98. The van der Waals surface area contributed by atoms with Gasteiger partial charge in [0.15, 0.2) is 5.96 Å². The maximum absolute atomic E-state index is 11.9. The Labute approximate surface area is 187 Å². The molecule has 8 heteroatoms. The van der Waals surface area contributed by atoms with E-state index in [4.69, 9.17) is 9.47 Å². The number of nitrogens with zero attached hydrogens (tertiary/aromatic N) is 3. The average Bonchev–Trinajstić information content (AvgIpc) is 3.30. The van der Waals surface area contributed by atoms with Gasteiger partial charge in [0.1, 0.15) is 6.54 Å². The number of benzene rings is 1. The predicted octanol–water partition coefficient (Wildman–Crippen LogP) is 1.72. The number of rotatable bonds is 13. The summed E-state index contributed by atoms with van der Waals surface area (Å²) in [6.07, 6.45) is 4.31. The van der Waals surface area contributed by atoms with E-state index in [-0.39, 0.29) is 18.6 Å². The predicted molar refractivity (Wildman–Crippen MR) is 126 cm³/mol. The molecule has 1 aliphatic heterocycles. The normalized spacial score (nSPS) is 16.2. The minimum Gasteiger partial charge on any atom is -0.379 e. The van der Waals surface area contributed by atoms with Gasteiger partial charge in [-0.15, -0.1) is 0 Å². The Bertz CT molecular complexity index is 648. The first kappa shape index (κ1) is 24.9. The Hall–Kier alpha value is -2.32. The van der Waals surface area contributed by atoms with Crippen molar-refractivity contribution in [2.24, 2.45) is 4.99 Å². The topological polar surface area (TPSA) is 78.4 Å². The Kier molecular flexibility index (Phi) is 11.8. The van der Waals surface area contributed by atoms with Crippen LogP contribution in [0.25, 0.3) is 0 Å². The molecule has 8 nitrogen and oxygen atoms in total. The molecule has 0 aromatic heterocycles. The van der Waals surface area contributed by atoms with Gasteiger partial charge >= 0.3 is 0 Å². The van der Waals surface area contributed by atoms with Gasteiger partial charge in [-0.05, 0) is 37.8 Å². The summed E-state index contributed by atoms with van der Waals surface area (Å²) in [4.78, 5) is 20.1. The molecule has 0 radical (unpaired) electrons. The molecule has 2 N–H and O–H groups in total. The quantitative estimate of drug-likeness (QED) is 0.280. The number of nitrogens with one attached hydrogen (secondary N) is 2. The number of para-hydroxylation sites is 1. The highest BCUT2D eigenvalue weighted by Crippen LogP contribution is 2.12. The monoisotopic (exact) mass is 433 g/mol. The number of likely N-dealkylation sites (N-methyl/N-ethyl adjacent to an activating group) is 1. The van der Waals surface area contributed by atoms with Gasteiger partial charge in [0.25, 0.3) is 0 Å². The van der Waals surface area contributed by atoms with E-state index in [1.54, 1.807) is 19.0 Å². The van der Waals surface area contributed by atoms with Crippen molar-refractivity contribution in [2.45, 2.75) is 31.8 Å². The van der Waals surface area contributed by atoms with Gasteiger partial charge in [-0.25, -0.2) is 4.99 Å². The maximum Gasteiger partial charge on any atom is 0.243 e. The Balaban J connectivity index is 1.67. The first-order chi connectivity index (χ1) is 15.1. The Morgan fingerprint density at radius 3 is 2.58 bits per heavy atom. The van der Waals surface area contributed by atoms with Gasteiger partial charge < -0.3 is 29.9 Å². The Morgan fingerprint density at radius 2 is 1.90 bits per heavy atom. The summed E-state index contributed by atoms with van der Waals surface area (Å²) in [6.45, 7) is 4.77. The number of carbonyl (C=O) groups is 1. The van der Waals surface area contributed by atoms with Gasteiger partial charge in [-0.2, -0.15) is 0 Å².